The van der Waals surface area contributed by atoms with Crippen LogP contribution in [0.4, 0.5) is 0 Å². The normalized spacial score (nSPS) is 15.6. The Morgan fingerprint density at radius 2 is 1.80 bits per heavy atom. The van der Waals surface area contributed by atoms with Gasteiger partial charge in [0.2, 0.25) is 0 Å². The minimum absolute atomic E-state index is 0.162. The van der Waals surface area contributed by atoms with E-state index in [-0.39, 0.29) is 12.5 Å². The molecule has 0 spiro atoms. The highest BCUT2D eigenvalue weighted by atomic mass is 16.5. The van der Waals surface area contributed by atoms with Crippen molar-refractivity contribution in [2.45, 2.75) is 19.6 Å². The fourth-order valence-electron chi connectivity index (χ4n) is 3.99. The van der Waals surface area contributed by atoms with E-state index < -0.39 is 6.10 Å². The lowest BCUT2D eigenvalue weighted by molar-refractivity contribution is 0.0537. The van der Waals surface area contributed by atoms with E-state index in [1.54, 1.807) is 38.4 Å². The summed E-state index contributed by atoms with van der Waals surface area (Å²) >= 11 is 0. The van der Waals surface area contributed by atoms with Gasteiger partial charge in [-0.05, 0) is 37.3 Å². The maximum Gasteiger partial charge on any atom is 0.256 e. The summed E-state index contributed by atoms with van der Waals surface area (Å²) in [5, 5.41) is 11.6. The number of carbonyl (C=O) groups is 1. The van der Waals surface area contributed by atoms with Crippen LogP contribution in [0.2, 0.25) is 0 Å². The van der Waals surface area contributed by atoms with Gasteiger partial charge in [-0.25, -0.2) is 0 Å². The van der Waals surface area contributed by atoms with Gasteiger partial charge in [-0.3, -0.25) is 9.78 Å². The zero-order chi connectivity index (χ0) is 21.4. The van der Waals surface area contributed by atoms with Gasteiger partial charge in [-0.1, -0.05) is 0 Å². The molecule has 1 aromatic heterocycles. The second-order valence-corrected chi connectivity index (χ2v) is 7.24. The van der Waals surface area contributed by atoms with Crippen molar-refractivity contribution in [2.24, 2.45) is 0 Å². The smallest absolute Gasteiger partial charge is 0.256 e. The predicted octanol–water partition coefficient (Wildman–Crippen LogP) is 3.26. The van der Waals surface area contributed by atoms with E-state index in [1.807, 2.05) is 31.2 Å². The van der Waals surface area contributed by atoms with Crippen LogP contribution in [0.5, 0.6) is 17.2 Å². The van der Waals surface area contributed by atoms with Crippen LogP contribution < -0.4 is 14.2 Å². The second kappa shape index (κ2) is 7.84. The number of aromatic nitrogens is 1. The molecule has 0 radical (unpaired) electrons. The average Bonchev–Trinajstić information content (AvgIpc) is 2.76. The Balaban J connectivity index is 1.72. The van der Waals surface area contributed by atoms with Crippen molar-refractivity contribution in [3.8, 4) is 17.2 Å². The molecule has 0 aliphatic carbocycles. The largest absolute Gasteiger partial charge is 0.497 e. The monoisotopic (exact) mass is 408 g/mol. The number of benzene rings is 2. The molecule has 1 aliphatic rings. The number of methoxy groups -OCH3 is 3. The molecule has 1 atom stereocenters. The lowest BCUT2D eigenvalue weighted by atomic mass is 9.94. The summed E-state index contributed by atoms with van der Waals surface area (Å²) in [6.45, 7) is 2.28. The molecule has 1 N–H and O–H groups in total. The molecule has 1 unspecified atom stereocenters. The fourth-order valence-corrected chi connectivity index (χ4v) is 3.99. The highest BCUT2D eigenvalue weighted by Gasteiger charge is 2.33. The van der Waals surface area contributed by atoms with E-state index >= 15 is 0 Å². The zero-order valence-corrected chi connectivity index (χ0v) is 17.4. The molecule has 1 aliphatic heterocycles. The fraction of sp³-hybridized carbons (Fsp3) is 0.304. The number of β-amino-alcohol motifs (C(OH)–C–C–N with tert-alkyl or cyclic N) is 1. The number of aliphatic hydroxyl groups is 1. The molecule has 0 saturated carbocycles. The van der Waals surface area contributed by atoms with Gasteiger partial charge in [0.25, 0.3) is 5.91 Å². The maximum absolute atomic E-state index is 13.4. The Hall–Kier alpha value is -3.32. The first-order chi connectivity index (χ1) is 14.5. The summed E-state index contributed by atoms with van der Waals surface area (Å²) in [5.74, 6) is 1.73. The Labute approximate surface area is 174 Å². The molecule has 4 rings (SSSR count). The van der Waals surface area contributed by atoms with E-state index in [1.165, 1.54) is 0 Å². The predicted molar refractivity (Wildman–Crippen MR) is 112 cm³/mol. The third-order valence-electron chi connectivity index (χ3n) is 5.52. The minimum Gasteiger partial charge on any atom is -0.497 e. The minimum atomic E-state index is -0.874. The molecule has 7 nitrogen and oxygen atoms in total. The van der Waals surface area contributed by atoms with Crippen LogP contribution in [0.1, 0.15) is 33.3 Å². The van der Waals surface area contributed by atoms with Crippen molar-refractivity contribution < 1.29 is 24.1 Å². The molecule has 3 aromatic rings. The van der Waals surface area contributed by atoms with E-state index in [4.69, 9.17) is 14.2 Å². The first-order valence-electron chi connectivity index (χ1n) is 9.63. The van der Waals surface area contributed by atoms with Gasteiger partial charge in [0, 0.05) is 22.6 Å². The summed E-state index contributed by atoms with van der Waals surface area (Å²) in [7, 11) is 4.74. The molecular weight excluding hydrogens is 384 g/mol. The highest BCUT2D eigenvalue weighted by molar-refractivity contribution is 5.99. The van der Waals surface area contributed by atoms with Crippen LogP contribution in [0.15, 0.2) is 36.4 Å². The lowest BCUT2D eigenvalue weighted by Gasteiger charge is -2.34. The molecule has 0 saturated heterocycles. The Kier molecular flexibility index (Phi) is 5.22. The number of amides is 1. The number of nitrogens with zero attached hydrogens (tertiary/aromatic N) is 2. The standard InChI is InChI=1S/C23H24N2O5/c1-13-16(9-14-5-6-15(28-2)10-18(14)24-13)23(27)25-11-17-20(29-3)7-8-21(30-4)22(17)19(26)12-25/h5-10,19,26H,11-12H2,1-4H3. The van der Waals surface area contributed by atoms with Crippen molar-refractivity contribution in [3.63, 3.8) is 0 Å². The second-order valence-electron chi connectivity index (χ2n) is 7.24. The summed E-state index contributed by atoms with van der Waals surface area (Å²) in [5.41, 5.74) is 3.31. The lowest BCUT2D eigenvalue weighted by Crippen LogP contribution is -2.39. The number of aliphatic hydroxyl groups excluding tert-OH is 1. The number of fused-ring (bicyclic) bond motifs is 2. The molecule has 1 amide bonds. The van der Waals surface area contributed by atoms with Crippen molar-refractivity contribution in [3.05, 3.63) is 58.8 Å². The molecule has 2 aromatic carbocycles. The van der Waals surface area contributed by atoms with E-state index in [0.717, 1.165) is 16.5 Å². The SMILES string of the molecule is COc1ccc2cc(C(=O)N3Cc4c(OC)ccc(OC)c4C(O)C3)c(C)nc2c1. The van der Waals surface area contributed by atoms with Crippen molar-refractivity contribution in [2.75, 3.05) is 27.9 Å². The Bertz CT molecular complexity index is 1130. The highest BCUT2D eigenvalue weighted by Crippen LogP contribution is 2.39. The molecule has 7 heteroatoms. The molecule has 156 valence electrons. The quantitative estimate of drug-likeness (QED) is 0.714. The van der Waals surface area contributed by atoms with Gasteiger partial charge < -0.3 is 24.2 Å². The molecule has 0 fully saturated rings. The first kappa shape index (κ1) is 20.0. The number of hydrogen-bond acceptors (Lipinski definition) is 6. The summed E-state index contributed by atoms with van der Waals surface area (Å²) < 4.78 is 16.1. The molecule has 2 heterocycles. The van der Waals surface area contributed by atoms with Gasteiger partial charge in [-0.2, -0.15) is 0 Å². The Morgan fingerprint density at radius 3 is 2.50 bits per heavy atom. The van der Waals surface area contributed by atoms with Gasteiger partial charge in [0.15, 0.2) is 0 Å². The van der Waals surface area contributed by atoms with E-state index in [2.05, 4.69) is 4.98 Å². The maximum atomic E-state index is 13.4. The van der Waals surface area contributed by atoms with Gasteiger partial charge >= 0.3 is 0 Å². The van der Waals surface area contributed by atoms with Crippen molar-refractivity contribution >= 4 is 16.8 Å². The summed E-state index contributed by atoms with van der Waals surface area (Å²) in [6.07, 6.45) is -0.874. The van der Waals surface area contributed by atoms with Gasteiger partial charge in [-0.15, -0.1) is 0 Å². The van der Waals surface area contributed by atoms with E-state index in [0.29, 0.717) is 40.6 Å². The number of rotatable bonds is 4. The van der Waals surface area contributed by atoms with Crippen LogP contribution in [-0.4, -0.2) is 48.8 Å². The van der Waals surface area contributed by atoms with Crippen LogP contribution in [0.3, 0.4) is 0 Å². The van der Waals surface area contributed by atoms with E-state index in [9.17, 15) is 9.90 Å². The third kappa shape index (κ3) is 3.31. The Morgan fingerprint density at radius 1 is 1.07 bits per heavy atom. The van der Waals surface area contributed by atoms with Crippen LogP contribution in [0.25, 0.3) is 10.9 Å². The number of ether oxygens (including phenoxy) is 3. The number of carbonyl (C=O) groups excluding carboxylic acids is 1. The number of aryl methyl sites for hydroxylation is 1. The van der Waals surface area contributed by atoms with Gasteiger partial charge in [0.1, 0.15) is 23.4 Å². The first-order valence-corrected chi connectivity index (χ1v) is 9.63. The summed E-state index contributed by atoms with van der Waals surface area (Å²) in [4.78, 5) is 19.6. The van der Waals surface area contributed by atoms with Crippen LogP contribution >= 0.6 is 0 Å². The topological polar surface area (TPSA) is 81.1 Å². The van der Waals surface area contributed by atoms with Gasteiger partial charge in [0.05, 0.1) is 51.2 Å². The molecule has 0 bridgehead atoms. The molecular formula is C23H24N2O5. The van der Waals surface area contributed by atoms with Crippen LogP contribution in [0, 0.1) is 6.92 Å². The third-order valence-corrected chi connectivity index (χ3v) is 5.52. The van der Waals surface area contributed by atoms with Crippen molar-refractivity contribution in [1.29, 1.82) is 0 Å². The zero-order valence-electron chi connectivity index (χ0n) is 17.4. The average molecular weight is 408 g/mol. The summed E-state index contributed by atoms with van der Waals surface area (Å²) in [6, 6.07) is 11.0. The number of pyridine rings is 1. The van der Waals surface area contributed by atoms with Crippen molar-refractivity contribution in [1.82, 2.24) is 9.88 Å². The molecule has 30 heavy (non-hydrogen) atoms. The van der Waals surface area contributed by atoms with Crippen LogP contribution in [-0.2, 0) is 6.54 Å². The number of hydrogen-bond donors (Lipinski definition) is 1.